The predicted octanol–water partition coefficient (Wildman–Crippen LogP) is 21.4. The van der Waals surface area contributed by atoms with Crippen LogP contribution >= 0.6 is 51.8 Å². The van der Waals surface area contributed by atoms with E-state index in [1.54, 1.807) is 48.5 Å². The summed E-state index contributed by atoms with van der Waals surface area (Å²) in [4.78, 5) is 0. The van der Waals surface area contributed by atoms with Crippen LogP contribution in [-0.2, 0) is 0 Å². The highest BCUT2D eigenvalue weighted by molar-refractivity contribution is 14.2. The third-order valence-corrected chi connectivity index (χ3v) is 29.2. The molecule has 0 bridgehead atoms. The first-order chi connectivity index (χ1) is 38.4. The van der Waals surface area contributed by atoms with Gasteiger partial charge in [-0.25, -0.2) is 17.6 Å². The number of hydrogen-bond acceptors (Lipinski definition) is 2. The molecule has 0 spiro atoms. The maximum Gasteiger partial charge on any atom is 0.132 e. The van der Waals surface area contributed by atoms with Crippen molar-refractivity contribution in [3.05, 3.63) is 262 Å². The molecule has 8 aromatic carbocycles. The summed E-state index contributed by atoms with van der Waals surface area (Å²) in [5, 5.41) is 6.36. The first-order valence-corrected chi connectivity index (χ1v) is 36.3. The van der Waals surface area contributed by atoms with Crippen molar-refractivity contribution in [1.82, 2.24) is 9.53 Å². The van der Waals surface area contributed by atoms with Crippen LogP contribution in [-0.4, -0.2) is 17.5 Å². The second-order valence-electron chi connectivity index (χ2n) is 20.8. The lowest BCUT2D eigenvalue weighted by molar-refractivity contribution is 0.617. The molecule has 2 aliphatic rings. The van der Waals surface area contributed by atoms with Crippen LogP contribution in [0.5, 0.6) is 0 Å². The normalized spacial score (nSPS) is 17.0. The van der Waals surface area contributed by atoms with E-state index in [4.69, 9.17) is 0 Å². The van der Waals surface area contributed by atoms with Gasteiger partial charge < -0.3 is 0 Å². The number of hydrogen-bond donors (Lipinski definition) is 1. The molecule has 1 N–H and O–H groups in total. The van der Waals surface area contributed by atoms with Crippen LogP contribution in [0.25, 0.3) is 0 Å². The molecule has 0 radical (unpaired) electrons. The Balaban J connectivity index is 0.000000214. The Kier molecular flexibility index (Phi) is 26.7. The minimum atomic E-state index is -1.41. The molecular weight excluding hydrogens is 1200 g/mol. The Morgan fingerprint density at radius 2 is 0.728 bits per heavy atom. The van der Waals surface area contributed by atoms with Crippen molar-refractivity contribution in [3.63, 3.8) is 0 Å². The van der Waals surface area contributed by atoms with Crippen LogP contribution in [0.4, 0.5) is 17.6 Å². The molecule has 2 saturated heterocycles. The molecular formula is C70H83F4IN2P4. The number of halogens is 5. The van der Waals surface area contributed by atoms with Gasteiger partial charge in [0.15, 0.2) is 0 Å². The predicted molar refractivity (Wildman–Crippen MR) is 358 cm³/mol. The van der Waals surface area contributed by atoms with Crippen LogP contribution in [0.3, 0.4) is 0 Å². The van der Waals surface area contributed by atoms with E-state index in [1.165, 1.54) is 94.5 Å². The number of nitrogens with one attached hydrogen (secondary N) is 1. The summed E-state index contributed by atoms with van der Waals surface area (Å²) < 4.78 is 60.9. The molecule has 0 aliphatic carbocycles. The highest BCUT2D eigenvalue weighted by Gasteiger charge is 2.45. The summed E-state index contributed by atoms with van der Waals surface area (Å²) in [6.07, 6.45) is 9.34. The quantitative estimate of drug-likeness (QED) is 0.0423. The summed E-state index contributed by atoms with van der Waals surface area (Å²) in [6.45, 7) is 15.1. The van der Waals surface area contributed by atoms with Gasteiger partial charge >= 0.3 is 0 Å². The lowest BCUT2D eigenvalue weighted by Gasteiger charge is -2.42. The minimum absolute atomic E-state index is 0. The van der Waals surface area contributed by atoms with E-state index >= 15 is 8.78 Å². The summed E-state index contributed by atoms with van der Waals surface area (Å²) in [5.74, 6) is -1.04. The minimum Gasteiger partial charge on any atom is -0.295 e. The maximum absolute atomic E-state index is 15.6. The summed E-state index contributed by atoms with van der Waals surface area (Å²) >= 11 is 2.11. The van der Waals surface area contributed by atoms with Crippen LogP contribution in [0.1, 0.15) is 147 Å². The molecule has 0 aromatic heterocycles. The number of unbranched alkanes of at least 4 members (excludes halogenated alkanes) is 2. The van der Waals surface area contributed by atoms with Gasteiger partial charge in [-0.3, -0.25) is 9.53 Å². The average Bonchev–Trinajstić information content (AvgIpc) is 4.15. The van der Waals surface area contributed by atoms with Crippen LogP contribution in [0.15, 0.2) is 194 Å². The molecule has 428 valence electrons. The van der Waals surface area contributed by atoms with Crippen molar-refractivity contribution in [1.29, 1.82) is 0 Å². The lowest BCUT2D eigenvalue weighted by Crippen LogP contribution is -2.30. The van der Waals surface area contributed by atoms with Gasteiger partial charge in [0.25, 0.3) is 0 Å². The largest absolute Gasteiger partial charge is 0.295 e. The molecule has 11 heteroatoms. The van der Waals surface area contributed by atoms with Gasteiger partial charge in [-0.2, -0.15) is 0 Å². The number of nitrogens with zero attached hydrogens (tertiary/aromatic N) is 1. The van der Waals surface area contributed by atoms with Crippen molar-refractivity contribution < 1.29 is 17.6 Å². The molecule has 2 heterocycles. The molecule has 0 saturated carbocycles. The zero-order chi connectivity index (χ0) is 55.8. The topological polar surface area (TPSA) is 15.3 Å². The Hall–Kier alpha value is -4.15. The Morgan fingerprint density at radius 3 is 1.05 bits per heavy atom. The third-order valence-electron chi connectivity index (χ3n) is 14.9. The van der Waals surface area contributed by atoms with E-state index < -0.39 is 21.7 Å². The summed E-state index contributed by atoms with van der Waals surface area (Å²) in [7, 11) is -2.42. The molecule has 0 amide bonds. The Bertz CT molecular complexity index is 2950. The van der Waals surface area contributed by atoms with Crippen molar-refractivity contribution in [2.75, 3.05) is 13.1 Å². The van der Waals surface area contributed by atoms with Crippen LogP contribution in [0.2, 0.25) is 0 Å². The Morgan fingerprint density at radius 1 is 0.432 bits per heavy atom. The van der Waals surface area contributed by atoms with Crippen molar-refractivity contribution in [3.8, 4) is 0 Å². The fourth-order valence-corrected chi connectivity index (χ4v) is 24.8. The second kappa shape index (κ2) is 32.8. The van der Waals surface area contributed by atoms with Crippen molar-refractivity contribution in [2.24, 2.45) is 0 Å². The molecule has 2 aliphatic heterocycles. The third kappa shape index (κ3) is 17.3. The van der Waals surface area contributed by atoms with E-state index in [0.29, 0.717) is 43.9 Å². The van der Waals surface area contributed by atoms with Gasteiger partial charge in [0.2, 0.25) is 0 Å². The van der Waals surface area contributed by atoms with Gasteiger partial charge in [0.05, 0.1) is 0 Å². The molecule has 8 aromatic rings. The molecule has 0 unspecified atom stereocenters. The smallest absolute Gasteiger partial charge is 0.132 e. The van der Waals surface area contributed by atoms with Gasteiger partial charge in [0.1, 0.15) is 23.3 Å². The first-order valence-electron chi connectivity index (χ1n) is 27.9. The van der Waals surface area contributed by atoms with E-state index in [2.05, 4.69) is 170 Å². The SMILES string of the molecule is C.C.CCCCN(P(c1ccccc1F)c1ccccc1F)P1[C@H](c2ccc(C)cc2)CC[C@H]1c1ccc(C)cc1.CCCCNP1[C@H](c2ccc(C)cc2)CC[C@H]1c1ccc(C)cc1.Fc1ccccc1P(I)c1ccccc1F. The highest BCUT2D eigenvalue weighted by atomic mass is 127. The van der Waals surface area contributed by atoms with E-state index in [0.717, 1.165) is 38.8 Å². The maximum atomic E-state index is 15.6. The van der Waals surface area contributed by atoms with Gasteiger partial charge in [0, 0.05) is 64.0 Å². The van der Waals surface area contributed by atoms with E-state index in [9.17, 15) is 8.78 Å². The molecule has 2 fully saturated rings. The first kappa shape index (κ1) is 66.0. The fourth-order valence-electron chi connectivity index (χ4n) is 10.6. The van der Waals surface area contributed by atoms with E-state index in [-0.39, 0.29) is 46.2 Å². The highest BCUT2D eigenvalue weighted by Crippen LogP contribution is 2.76. The zero-order valence-corrected chi connectivity index (χ0v) is 52.2. The number of aryl methyl sites for hydroxylation is 4. The van der Waals surface area contributed by atoms with Gasteiger partial charge in [-0.15, -0.1) is 0 Å². The number of benzene rings is 8. The second-order valence-corrected chi connectivity index (χ2v) is 32.4. The Labute approximate surface area is 502 Å². The molecule has 4 atom stereocenters. The molecule has 81 heavy (non-hydrogen) atoms. The standard InChI is InChI=1S/C34H37F2NP2.C22H30NP.C12H8F2IP.2CH4/c1-4-5-24-37(39(33-12-8-6-10-29(33)35)34-13-9-7-11-30(34)36)38-31(27-18-14-25(2)15-19-27)22-23-32(38)28-20-16-26(3)17-21-28;1-4-5-16-23-24-21(19-10-6-17(2)7-11-19)14-15-22(24)20-12-8-18(3)9-13-20;13-9-5-1-3-7-11(9)16(15)12-8-4-2-6-10(12)14;;/h6-21,31-32H,4-5,22-24H2,1-3H3;6-13,21-23H,4-5,14-16H2,1-3H3;1-8H;2*1H4/t31-,32-;21-,22-;;;/m00.../s1. The van der Waals surface area contributed by atoms with Crippen molar-refractivity contribution >= 4 is 73.0 Å². The average molecular weight is 1280 g/mol. The zero-order valence-electron chi connectivity index (χ0n) is 46.5. The number of rotatable bonds is 17. The van der Waals surface area contributed by atoms with Crippen molar-refractivity contribution in [2.45, 2.75) is 130 Å². The van der Waals surface area contributed by atoms with Crippen LogP contribution in [0, 0.1) is 51.0 Å². The lowest BCUT2D eigenvalue weighted by atomic mass is 10.0. The summed E-state index contributed by atoms with van der Waals surface area (Å²) in [5.41, 5.74) is 12.1. The summed E-state index contributed by atoms with van der Waals surface area (Å²) in [6, 6.07) is 63.5. The van der Waals surface area contributed by atoms with Gasteiger partial charge in [-0.05, 0) is 170 Å². The molecule has 10 rings (SSSR count). The molecule has 2 nitrogen and oxygen atoms in total. The fraction of sp³-hybridized carbons (Fsp3) is 0.314. The van der Waals surface area contributed by atoms with E-state index in [1.807, 2.05) is 24.3 Å². The van der Waals surface area contributed by atoms with Gasteiger partial charge in [-0.1, -0.05) is 222 Å². The van der Waals surface area contributed by atoms with Crippen LogP contribution < -0.4 is 26.3 Å². The monoisotopic (exact) mass is 1280 g/mol.